The van der Waals surface area contributed by atoms with Gasteiger partial charge in [0.15, 0.2) is 0 Å². The Bertz CT molecular complexity index is 398. The lowest BCUT2D eigenvalue weighted by atomic mass is 10.1. The molecule has 0 saturated carbocycles. The fourth-order valence-electron chi connectivity index (χ4n) is 1.76. The van der Waals surface area contributed by atoms with Crippen LogP contribution < -0.4 is 10.6 Å². The van der Waals surface area contributed by atoms with Crippen LogP contribution >= 0.6 is 12.2 Å². The number of thiocarbonyl (C=S) groups is 1. The van der Waals surface area contributed by atoms with Crippen molar-refractivity contribution in [1.29, 1.82) is 0 Å². The second-order valence-corrected chi connectivity index (χ2v) is 4.62. The molecule has 0 aliphatic heterocycles. The van der Waals surface area contributed by atoms with Crippen LogP contribution in [0.3, 0.4) is 0 Å². The number of anilines is 1. The average Bonchev–Trinajstić information content (AvgIpc) is 2.39. The van der Waals surface area contributed by atoms with Gasteiger partial charge in [0.2, 0.25) is 0 Å². The van der Waals surface area contributed by atoms with Crippen LogP contribution in [0.4, 0.5) is 5.82 Å². The van der Waals surface area contributed by atoms with E-state index in [0.717, 1.165) is 24.3 Å². The molecular formula is C13H21N3OS. The third kappa shape index (κ3) is 3.65. The van der Waals surface area contributed by atoms with Crippen LogP contribution in [0.5, 0.6) is 0 Å². The first-order chi connectivity index (χ1) is 8.61. The van der Waals surface area contributed by atoms with Crippen LogP contribution in [0.15, 0.2) is 18.3 Å². The lowest BCUT2D eigenvalue weighted by Crippen LogP contribution is -2.37. The van der Waals surface area contributed by atoms with Gasteiger partial charge in [-0.15, -0.1) is 0 Å². The van der Waals surface area contributed by atoms with Crippen molar-refractivity contribution >= 4 is 23.0 Å². The maximum atomic E-state index is 5.76. The summed E-state index contributed by atoms with van der Waals surface area (Å²) in [6, 6.07) is 4.12. The van der Waals surface area contributed by atoms with Gasteiger partial charge in [0.1, 0.15) is 10.8 Å². The van der Waals surface area contributed by atoms with Crippen LogP contribution in [0.2, 0.25) is 0 Å². The molecule has 5 heteroatoms. The molecule has 1 aromatic heterocycles. The zero-order chi connectivity index (χ0) is 13.5. The minimum Gasteiger partial charge on any atom is -0.389 e. The third-order valence-corrected chi connectivity index (χ3v) is 3.20. The summed E-state index contributed by atoms with van der Waals surface area (Å²) in [5.74, 6) is 0.844. The molecule has 0 fully saturated rings. The Hall–Kier alpha value is -1.20. The fraction of sp³-hybridized carbons (Fsp3) is 0.538. The summed E-state index contributed by atoms with van der Waals surface area (Å²) < 4.78 is 5.16. The average molecular weight is 267 g/mol. The van der Waals surface area contributed by atoms with Crippen molar-refractivity contribution in [2.45, 2.75) is 26.3 Å². The van der Waals surface area contributed by atoms with Crippen molar-refractivity contribution in [3.63, 3.8) is 0 Å². The van der Waals surface area contributed by atoms with Crippen molar-refractivity contribution in [3.8, 4) is 0 Å². The van der Waals surface area contributed by atoms with Gasteiger partial charge in [0.05, 0.1) is 12.2 Å². The molecule has 1 unspecified atom stereocenters. The number of nitrogens with zero attached hydrogens (tertiary/aromatic N) is 2. The molecular weight excluding hydrogens is 246 g/mol. The summed E-state index contributed by atoms with van der Waals surface area (Å²) in [6.07, 6.45) is 2.79. The molecule has 1 atom stereocenters. The maximum absolute atomic E-state index is 5.76. The standard InChI is InChI=1S/C13H21N3OS/c1-4-10(2)16(8-9-17-3)13-11(12(14)18)6-5-7-15-13/h5-7,10H,4,8-9H2,1-3H3,(H2,14,18). The molecule has 0 bridgehead atoms. The molecule has 4 nitrogen and oxygen atoms in total. The van der Waals surface area contributed by atoms with Crippen molar-refractivity contribution < 1.29 is 4.74 Å². The minimum atomic E-state index is 0.364. The Labute approximate surface area is 114 Å². The van der Waals surface area contributed by atoms with E-state index in [1.807, 2.05) is 12.1 Å². The van der Waals surface area contributed by atoms with Crippen LogP contribution in [-0.4, -0.2) is 36.3 Å². The quantitative estimate of drug-likeness (QED) is 0.765. The molecule has 1 rings (SSSR count). The van der Waals surface area contributed by atoms with Crippen LogP contribution in [0.1, 0.15) is 25.8 Å². The molecule has 1 heterocycles. The Morgan fingerprint density at radius 2 is 2.33 bits per heavy atom. The zero-order valence-electron chi connectivity index (χ0n) is 11.2. The predicted molar refractivity (Wildman–Crippen MR) is 79.1 cm³/mol. The summed E-state index contributed by atoms with van der Waals surface area (Å²) in [4.78, 5) is 7.00. The number of hydrogen-bond donors (Lipinski definition) is 1. The van der Waals surface area contributed by atoms with Crippen molar-refractivity contribution in [2.24, 2.45) is 5.73 Å². The fourth-order valence-corrected chi connectivity index (χ4v) is 1.92. The lowest BCUT2D eigenvalue weighted by molar-refractivity contribution is 0.203. The van der Waals surface area contributed by atoms with Gasteiger partial charge in [-0.2, -0.15) is 0 Å². The highest BCUT2D eigenvalue weighted by Crippen LogP contribution is 2.20. The number of ether oxygens (including phenoxy) is 1. The summed E-state index contributed by atoms with van der Waals surface area (Å²) in [5, 5.41) is 0. The number of methoxy groups -OCH3 is 1. The Kier molecular flexibility index (Phi) is 6.01. The van der Waals surface area contributed by atoms with Gasteiger partial charge in [0, 0.05) is 25.9 Å². The van der Waals surface area contributed by atoms with E-state index in [9.17, 15) is 0 Å². The topological polar surface area (TPSA) is 51.4 Å². The van der Waals surface area contributed by atoms with Gasteiger partial charge in [-0.3, -0.25) is 0 Å². The summed E-state index contributed by atoms with van der Waals surface area (Å²) >= 11 is 5.08. The molecule has 2 N–H and O–H groups in total. The Morgan fingerprint density at radius 1 is 1.61 bits per heavy atom. The third-order valence-electron chi connectivity index (χ3n) is 2.98. The van der Waals surface area contributed by atoms with Crippen LogP contribution in [0, 0.1) is 0 Å². The van der Waals surface area contributed by atoms with Gasteiger partial charge in [-0.1, -0.05) is 19.1 Å². The first-order valence-electron chi connectivity index (χ1n) is 6.12. The number of aromatic nitrogens is 1. The largest absolute Gasteiger partial charge is 0.389 e. The SMILES string of the molecule is CCC(C)N(CCOC)c1ncccc1C(N)=S. The zero-order valence-corrected chi connectivity index (χ0v) is 12.0. The minimum absolute atomic E-state index is 0.364. The second-order valence-electron chi connectivity index (χ2n) is 4.18. The number of hydrogen-bond acceptors (Lipinski definition) is 4. The molecule has 0 aliphatic carbocycles. The number of pyridine rings is 1. The van der Waals surface area contributed by atoms with E-state index in [2.05, 4.69) is 23.7 Å². The molecule has 0 aliphatic rings. The van der Waals surface area contributed by atoms with E-state index in [1.165, 1.54) is 0 Å². The first-order valence-corrected chi connectivity index (χ1v) is 6.53. The van der Waals surface area contributed by atoms with E-state index in [1.54, 1.807) is 13.3 Å². The van der Waals surface area contributed by atoms with E-state index in [0.29, 0.717) is 17.6 Å². The highest BCUT2D eigenvalue weighted by atomic mass is 32.1. The molecule has 0 saturated heterocycles. The van der Waals surface area contributed by atoms with Gasteiger partial charge in [-0.25, -0.2) is 4.98 Å². The number of rotatable bonds is 7. The number of nitrogens with two attached hydrogens (primary N) is 1. The molecule has 0 radical (unpaired) electrons. The first kappa shape index (κ1) is 14.9. The van der Waals surface area contributed by atoms with E-state index >= 15 is 0 Å². The van der Waals surface area contributed by atoms with Gasteiger partial charge < -0.3 is 15.4 Å². The van der Waals surface area contributed by atoms with Crippen LogP contribution in [-0.2, 0) is 4.74 Å². The molecule has 1 aromatic rings. The molecule has 0 amide bonds. The van der Waals surface area contributed by atoms with Crippen molar-refractivity contribution in [1.82, 2.24) is 4.98 Å². The maximum Gasteiger partial charge on any atom is 0.139 e. The highest BCUT2D eigenvalue weighted by molar-refractivity contribution is 7.80. The molecule has 18 heavy (non-hydrogen) atoms. The highest BCUT2D eigenvalue weighted by Gasteiger charge is 2.18. The summed E-state index contributed by atoms with van der Waals surface area (Å²) in [5.41, 5.74) is 6.58. The van der Waals surface area contributed by atoms with Crippen molar-refractivity contribution in [3.05, 3.63) is 23.9 Å². The Morgan fingerprint density at radius 3 is 2.89 bits per heavy atom. The van der Waals surface area contributed by atoms with E-state index in [-0.39, 0.29) is 0 Å². The van der Waals surface area contributed by atoms with E-state index < -0.39 is 0 Å². The van der Waals surface area contributed by atoms with E-state index in [4.69, 9.17) is 22.7 Å². The lowest BCUT2D eigenvalue weighted by Gasteiger charge is -2.30. The van der Waals surface area contributed by atoms with Crippen molar-refractivity contribution in [2.75, 3.05) is 25.2 Å². The monoisotopic (exact) mass is 267 g/mol. The normalized spacial score (nSPS) is 12.2. The predicted octanol–water partition coefficient (Wildman–Crippen LogP) is 1.97. The summed E-state index contributed by atoms with van der Waals surface area (Å²) in [6.45, 7) is 5.73. The molecule has 0 aromatic carbocycles. The van der Waals surface area contributed by atoms with Crippen LogP contribution in [0.25, 0.3) is 0 Å². The van der Waals surface area contributed by atoms with Gasteiger partial charge in [-0.05, 0) is 25.5 Å². The second kappa shape index (κ2) is 7.28. The Balaban J connectivity index is 3.07. The summed E-state index contributed by atoms with van der Waals surface area (Å²) in [7, 11) is 1.70. The molecule has 0 spiro atoms. The van der Waals surface area contributed by atoms with Gasteiger partial charge in [0.25, 0.3) is 0 Å². The molecule has 100 valence electrons. The van der Waals surface area contributed by atoms with Gasteiger partial charge >= 0.3 is 0 Å². The smallest absolute Gasteiger partial charge is 0.139 e.